The minimum Gasteiger partial charge on any atom is -0.496 e. The van der Waals surface area contributed by atoms with E-state index in [9.17, 15) is 4.79 Å². The second-order valence-corrected chi connectivity index (χ2v) is 7.96. The first-order valence-electron chi connectivity index (χ1n) is 9.96. The molecular formula is C25H20ClN3O2. The summed E-state index contributed by atoms with van der Waals surface area (Å²) in [4.78, 5) is 15.3. The number of ether oxygens (including phenoxy) is 1. The van der Waals surface area contributed by atoms with E-state index in [0.29, 0.717) is 16.5 Å². The molecule has 0 saturated carbocycles. The molecule has 154 valence electrons. The summed E-state index contributed by atoms with van der Waals surface area (Å²) in [6.45, 7) is 2.04. The smallest absolute Gasteiger partial charge is 0.277 e. The molecule has 0 bridgehead atoms. The number of para-hydroxylation sites is 1. The number of aromatic nitrogens is 2. The van der Waals surface area contributed by atoms with Gasteiger partial charge in [-0.05, 0) is 37.3 Å². The number of amides is 1. The molecule has 0 saturated heterocycles. The van der Waals surface area contributed by atoms with Gasteiger partial charge in [-0.15, -0.1) is 0 Å². The van der Waals surface area contributed by atoms with Crippen molar-refractivity contribution in [2.75, 3.05) is 12.0 Å². The third-order valence-electron chi connectivity index (χ3n) is 5.63. The number of hydrogen-bond donors (Lipinski definition) is 1. The van der Waals surface area contributed by atoms with Gasteiger partial charge in [0.25, 0.3) is 5.91 Å². The molecule has 0 aliphatic carbocycles. The molecule has 4 aromatic rings. The average Bonchev–Trinajstić information content (AvgIpc) is 3.34. The maximum Gasteiger partial charge on any atom is 0.277 e. The van der Waals surface area contributed by atoms with Gasteiger partial charge >= 0.3 is 0 Å². The van der Waals surface area contributed by atoms with E-state index < -0.39 is 6.04 Å². The van der Waals surface area contributed by atoms with Crippen LogP contribution in [0.1, 0.15) is 33.2 Å². The summed E-state index contributed by atoms with van der Waals surface area (Å²) in [6.07, 6.45) is 0. The van der Waals surface area contributed by atoms with Crippen molar-refractivity contribution in [3.05, 3.63) is 100 Å². The van der Waals surface area contributed by atoms with Gasteiger partial charge in [0.05, 0.1) is 18.8 Å². The Morgan fingerprint density at radius 1 is 1.00 bits per heavy atom. The Morgan fingerprint density at radius 3 is 2.42 bits per heavy atom. The zero-order valence-electron chi connectivity index (χ0n) is 17.1. The molecule has 6 heteroatoms. The Morgan fingerprint density at radius 2 is 1.71 bits per heavy atom. The van der Waals surface area contributed by atoms with Crippen LogP contribution in [0.4, 0.5) is 5.69 Å². The van der Waals surface area contributed by atoms with Crippen molar-refractivity contribution in [3.8, 4) is 17.0 Å². The molecule has 1 N–H and O–H groups in total. The number of aromatic amines is 1. The summed E-state index contributed by atoms with van der Waals surface area (Å²) >= 11 is 6.10. The van der Waals surface area contributed by atoms with Crippen molar-refractivity contribution in [1.82, 2.24) is 10.2 Å². The fourth-order valence-corrected chi connectivity index (χ4v) is 4.26. The van der Waals surface area contributed by atoms with Crippen LogP contribution in [0.15, 0.2) is 72.8 Å². The van der Waals surface area contributed by atoms with E-state index in [2.05, 4.69) is 10.2 Å². The summed E-state index contributed by atoms with van der Waals surface area (Å²) in [5, 5.41) is 8.13. The fourth-order valence-electron chi connectivity index (χ4n) is 4.13. The molecule has 31 heavy (non-hydrogen) atoms. The van der Waals surface area contributed by atoms with Crippen LogP contribution in [0, 0.1) is 6.92 Å². The summed E-state index contributed by atoms with van der Waals surface area (Å²) in [5.74, 6) is 0.572. The van der Waals surface area contributed by atoms with Gasteiger partial charge in [0.1, 0.15) is 11.4 Å². The zero-order chi connectivity index (χ0) is 21.5. The van der Waals surface area contributed by atoms with E-state index in [1.54, 1.807) is 24.1 Å². The zero-order valence-corrected chi connectivity index (χ0v) is 17.9. The van der Waals surface area contributed by atoms with E-state index >= 15 is 0 Å². The minimum absolute atomic E-state index is 0.140. The molecule has 1 aliphatic heterocycles. The van der Waals surface area contributed by atoms with Crippen LogP contribution in [0.5, 0.6) is 5.75 Å². The molecule has 3 aromatic carbocycles. The van der Waals surface area contributed by atoms with Gasteiger partial charge in [-0.3, -0.25) is 14.8 Å². The first-order chi connectivity index (χ1) is 15.1. The van der Waals surface area contributed by atoms with Gasteiger partial charge in [0.2, 0.25) is 0 Å². The standard InChI is InChI=1S/C25H20ClN3O2/c1-15-7-9-16(10-8-15)22-21-23(28-27-22)25(30)29(18-13-11-17(26)12-14-18)24(21)19-5-3-4-6-20(19)31-2/h3-14,24H,1-2H3,(H,27,28)/t24-/m1/s1. The first-order valence-corrected chi connectivity index (χ1v) is 10.3. The van der Waals surface area contributed by atoms with Crippen LogP contribution in [0.2, 0.25) is 5.02 Å². The van der Waals surface area contributed by atoms with E-state index in [-0.39, 0.29) is 5.91 Å². The second kappa shape index (κ2) is 7.60. The third-order valence-corrected chi connectivity index (χ3v) is 5.88. The number of nitrogens with one attached hydrogen (secondary N) is 1. The predicted octanol–water partition coefficient (Wildman–Crippen LogP) is 5.80. The van der Waals surface area contributed by atoms with Crippen molar-refractivity contribution in [1.29, 1.82) is 0 Å². The molecule has 5 rings (SSSR count). The highest BCUT2D eigenvalue weighted by Gasteiger charge is 2.44. The molecule has 0 radical (unpaired) electrons. The van der Waals surface area contributed by atoms with Gasteiger partial charge in [-0.2, -0.15) is 5.10 Å². The van der Waals surface area contributed by atoms with Crippen LogP contribution in [0.3, 0.4) is 0 Å². The number of rotatable bonds is 4. The normalized spacial score (nSPS) is 15.3. The second-order valence-electron chi connectivity index (χ2n) is 7.52. The maximum atomic E-state index is 13.5. The first kappa shape index (κ1) is 19.4. The summed E-state index contributed by atoms with van der Waals surface area (Å²) < 4.78 is 5.66. The number of hydrogen-bond acceptors (Lipinski definition) is 3. The molecule has 1 aromatic heterocycles. The molecule has 2 heterocycles. The Hall–Kier alpha value is -3.57. The number of H-pyrrole nitrogens is 1. The largest absolute Gasteiger partial charge is 0.496 e. The van der Waals surface area contributed by atoms with E-state index in [4.69, 9.17) is 16.3 Å². The number of carbonyl (C=O) groups is 1. The highest BCUT2D eigenvalue weighted by Crippen LogP contribution is 2.47. The van der Waals surface area contributed by atoms with Gasteiger partial charge < -0.3 is 4.74 Å². The lowest BCUT2D eigenvalue weighted by Crippen LogP contribution is -2.29. The monoisotopic (exact) mass is 429 g/mol. The lowest BCUT2D eigenvalue weighted by molar-refractivity contribution is 0.0988. The number of aryl methyl sites for hydroxylation is 1. The Labute approximate surface area is 185 Å². The molecule has 0 spiro atoms. The number of methoxy groups -OCH3 is 1. The lowest BCUT2D eigenvalue weighted by atomic mass is 9.95. The predicted molar refractivity (Wildman–Crippen MR) is 122 cm³/mol. The Kier molecular flexibility index (Phi) is 4.75. The van der Waals surface area contributed by atoms with Gasteiger partial charge in [0.15, 0.2) is 0 Å². The van der Waals surface area contributed by atoms with Crippen molar-refractivity contribution in [2.24, 2.45) is 0 Å². The number of nitrogens with zero attached hydrogens (tertiary/aromatic N) is 2. The molecule has 5 nitrogen and oxygen atoms in total. The maximum absolute atomic E-state index is 13.5. The Bertz CT molecular complexity index is 1260. The van der Waals surface area contributed by atoms with Crippen LogP contribution >= 0.6 is 11.6 Å². The van der Waals surface area contributed by atoms with Crippen LogP contribution in [-0.4, -0.2) is 23.2 Å². The van der Waals surface area contributed by atoms with Crippen molar-refractivity contribution in [2.45, 2.75) is 13.0 Å². The van der Waals surface area contributed by atoms with Crippen molar-refractivity contribution in [3.63, 3.8) is 0 Å². The highest BCUT2D eigenvalue weighted by molar-refractivity contribution is 6.30. The van der Waals surface area contributed by atoms with E-state index in [1.807, 2.05) is 67.6 Å². The number of fused-ring (bicyclic) bond motifs is 1. The number of halogens is 1. The number of benzene rings is 3. The average molecular weight is 430 g/mol. The fraction of sp³-hybridized carbons (Fsp3) is 0.120. The summed E-state index contributed by atoms with van der Waals surface area (Å²) in [7, 11) is 1.64. The van der Waals surface area contributed by atoms with Crippen LogP contribution < -0.4 is 9.64 Å². The summed E-state index contributed by atoms with van der Waals surface area (Å²) in [5.41, 5.74) is 5.85. The number of carbonyl (C=O) groups excluding carboxylic acids is 1. The molecule has 0 fully saturated rings. The van der Waals surface area contributed by atoms with Gasteiger partial charge in [0, 0.05) is 27.4 Å². The molecule has 1 aliphatic rings. The topological polar surface area (TPSA) is 58.2 Å². The molecular weight excluding hydrogens is 410 g/mol. The number of anilines is 1. The SMILES string of the molecule is COc1ccccc1[C@@H]1c2c(-c3ccc(C)cc3)n[nH]c2C(=O)N1c1ccc(Cl)cc1. The van der Waals surface area contributed by atoms with E-state index in [0.717, 1.165) is 33.6 Å². The van der Waals surface area contributed by atoms with Crippen molar-refractivity contribution >= 4 is 23.2 Å². The van der Waals surface area contributed by atoms with Crippen molar-refractivity contribution < 1.29 is 9.53 Å². The van der Waals surface area contributed by atoms with E-state index in [1.165, 1.54) is 0 Å². The molecule has 0 unspecified atom stereocenters. The highest BCUT2D eigenvalue weighted by atomic mass is 35.5. The van der Waals surface area contributed by atoms with Crippen LogP contribution in [-0.2, 0) is 0 Å². The minimum atomic E-state index is -0.394. The molecule has 1 atom stereocenters. The van der Waals surface area contributed by atoms with Crippen LogP contribution in [0.25, 0.3) is 11.3 Å². The molecule has 1 amide bonds. The quantitative estimate of drug-likeness (QED) is 0.446. The third kappa shape index (κ3) is 3.18. The Balaban J connectivity index is 1.75. The van der Waals surface area contributed by atoms with Gasteiger partial charge in [-0.25, -0.2) is 0 Å². The van der Waals surface area contributed by atoms with Gasteiger partial charge in [-0.1, -0.05) is 59.6 Å². The summed E-state index contributed by atoms with van der Waals surface area (Å²) in [6, 6.07) is 22.8. The lowest BCUT2D eigenvalue weighted by Gasteiger charge is -2.27.